The van der Waals surface area contributed by atoms with Crippen LogP contribution in [0.4, 0.5) is 0 Å². The van der Waals surface area contributed by atoms with E-state index in [0.29, 0.717) is 0 Å². The number of methoxy groups -OCH3 is 1. The molecule has 0 heterocycles. The Morgan fingerprint density at radius 1 is 1.55 bits per heavy atom. The Hall–Kier alpha value is 0.270. The molecule has 0 rings (SSSR count). The quantitative estimate of drug-likeness (QED) is 0.456. The van der Waals surface area contributed by atoms with Crippen molar-refractivity contribution in [3.63, 3.8) is 0 Å². The Morgan fingerprint density at radius 2 is 2.27 bits per heavy atom. The van der Waals surface area contributed by atoms with Gasteiger partial charge in [0, 0.05) is 19.4 Å². The van der Waals surface area contributed by atoms with Crippen LogP contribution in [0.1, 0.15) is 26.2 Å². The Bertz CT molecular complexity index is 72.5. The molecule has 0 aliphatic carbocycles. The highest BCUT2D eigenvalue weighted by atomic mass is 32.1. The number of nitrogens with one attached hydrogen (secondary N) is 1. The van der Waals surface area contributed by atoms with Gasteiger partial charge in [-0.05, 0) is 12.8 Å². The maximum atomic E-state index is 5.21. The third-order valence-electron chi connectivity index (χ3n) is 1.59. The number of hydrogen-bond acceptors (Lipinski definition) is 3. The predicted octanol–water partition coefficient (Wildman–Crippen LogP) is 1.67. The van der Waals surface area contributed by atoms with E-state index in [1.807, 2.05) is 0 Å². The summed E-state index contributed by atoms with van der Waals surface area (Å²) >= 11 is 4.11. The predicted molar refractivity (Wildman–Crippen MR) is 52.2 cm³/mol. The second-order valence-corrected chi connectivity index (χ2v) is 2.99. The molecule has 2 nitrogen and oxygen atoms in total. The molecule has 0 fully saturated rings. The fraction of sp³-hybridized carbons (Fsp3) is 1.00. The maximum Gasteiger partial charge on any atom is 0.107 e. The van der Waals surface area contributed by atoms with Gasteiger partial charge < -0.3 is 4.74 Å². The zero-order valence-corrected chi connectivity index (χ0v) is 8.36. The number of unbranched alkanes of at least 4 members (excludes halogenated alkanes) is 1. The lowest BCUT2D eigenvalue weighted by Gasteiger charge is -2.15. The Kier molecular flexibility index (Phi) is 8.57. The van der Waals surface area contributed by atoms with Crippen molar-refractivity contribution in [3.05, 3.63) is 0 Å². The molecule has 0 saturated carbocycles. The summed E-state index contributed by atoms with van der Waals surface area (Å²) in [5.74, 6) is 0.867. The van der Waals surface area contributed by atoms with Gasteiger partial charge in [0.1, 0.15) is 6.23 Å². The van der Waals surface area contributed by atoms with Crippen LogP contribution in [0.3, 0.4) is 0 Å². The topological polar surface area (TPSA) is 21.3 Å². The second kappa shape index (κ2) is 8.37. The Labute approximate surface area is 75.1 Å². The van der Waals surface area contributed by atoms with Crippen LogP contribution >= 0.6 is 12.6 Å². The minimum atomic E-state index is 0.224. The molecular formula is C8H19NOS. The molecular weight excluding hydrogens is 158 g/mol. The minimum Gasteiger partial charge on any atom is -0.367 e. The molecule has 11 heavy (non-hydrogen) atoms. The monoisotopic (exact) mass is 177 g/mol. The first-order valence-electron chi connectivity index (χ1n) is 4.22. The van der Waals surface area contributed by atoms with Gasteiger partial charge in [-0.3, -0.25) is 5.32 Å². The molecule has 0 radical (unpaired) electrons. The van der Waals surface area contributed by atoms with Crippen LogP contribution in [0.25, 0.3) is 0 Å². The van der Waals surface area contributed by atoms with E-state index in [-0.39, 0.29) is 6.23 Å². The smallest absolute Gasteiger partial charge is 0.107 e. The standard InChI is InChI=1S/C8H19NOS/c1-3-4-5-8(10-2)9-6-7-11/h8-9,11H,3-7H2,1-2H3. The molecule has 68 valence electrons. The van der Waals surface area contributed by atoms with Crippen molar-refractivity contribution in [2.24, 2.45) is 0 Å². The summed E-state index contributed by atoms with van der Waals surface area (Å²) < 4.78 is 5.21. The molecule has 0 saturated heterocycles. The van der Waals surface area contributed by atoms with Crippen molar-refractivity contribution >= 4 is 12.6 Å². The fourth-order valence-electron chi connectivity index (χ4n) is 0.918. The number of thiol groups is 1. The van der Waals surface area contributed by atoms with Gasteiger partial charge in [0.25, 0.3) is 0 Å². The number of rotatable bonds is 7. The van der Waals surface area contributed by atoms with Crippen LogP contribution in [0, 0.1) is 0 Å². The molecule has 0 amide bonds. The molecule has 0 aliphatic heterocycles. The molecule has 0 aliphatic rings. The highest BCUT2D eigenvalue weighted by Gasteiger charge is 2.02. The van der Waals surface area contributed by atoms with Gasteiger partial charge in [0.2, 0.25) is 0 Å². The van der Waals surface area contributed by atoms with Crippen molar-refractivity contribution in [3.8, 4) is 0 Å². The first-order valence-corrected chi connectivity index (χ1v) is 4.85. The van der Waals surface area contributed by atoms with E-state index in [2.05, 4.69) is 24.9 Å². The van der Waals surface area contributed by atoms with Gasteiger partial charge >= 0.3 is 0 Å². The van der Waals surface area contributed by atoms with Crippen molar-refractivity contribution in [2.45, 2.75) is 32.4 Å². The van der Waals surface area contributed by atoms with Gasteiger partial charge in [-0.25, -0.2) is 0 Å². The van der Waals surface area contributed by atoms with Gasteiger partial charge in [-0.2, -0.15) is 12.6 Å². The Morgan fingerprint density at radius 3 is 2.73 bits per heavy atom. The van der Waals surface area contributed by atoms with E-state index in [4.69, 9.17) is 4.74 Å². The molecule has 1 N–H and O–H groups in total. The zero-order chi connectivity index (χ0) is 8.53. The van der Waals surface area contributed by atoms with E-state index in [9.17, 15) is 0 Å². The maximum absolute atomic E-state index is 5.21. The van der Waals surface area contributed by atoms with Crippen molar-refractivity contribution < 1.29 is 4.74 Å². The van der Waals surface area contributed by atoms with Crippen LogP contribution in [0.15, 0.2) is 0 Å². The summed E-state index contributed by atoms with van der Waals surface area (Å²) in [6.45, 7) is 3.11. The average Bonchev–Trinajstić information content (AvgIpc) is 2.05. The summed E-state index contributed by atoms with van der Waals surface area (Å²) in [7, 11) is 1.74. The molecule has 0 aromatic heterocycles. The molecule has 0 spiro atoms. The molecule has 0 bridgehead atoms. The van der Waals surface area contributed by atoms with Crippen molar-refractivity contribution in [1.29, 1.82) is 0 Å². The molecule has 1 atom stereocenters. The van der Waals surface area contributed by atoms with Crippen LogP contribution < -0.4 is 5.32 Å². The lowest BCUT2D eigenvalue weighted by atomic mass is 10.2. The highest BCUT2D eigenvalue weighted by molar-refractivity contribution is 7.80. The van der Waals surface area contributed by atoms with Gasteiger partial charge in [-0.15, -0.1) is 0 Å². The van der Waals surface area contributed by atoms with Crippen molar-refractivity contribution in [1.82, 2.24) is 5.32 Å². The van der Waals surface area contributed by atoms with Crippen LogP contribution in [0.5, 0.6) is 0 Å². The van der Waals surface area contributed by atoms with E-state index in [1.54, 1.807) is 7.11 Å². The number of hydrogen-bond donors (Lipinski definition) is 2. The van der Waals surface area contributed by atoms with Crippen LogP contribution in [-0.2, 0) is 4.74 Å². The zero-order valence-electron chi connectivity index (χ0n) is 7.47. The van der Waals surface area contributed by atoms with E-state index in [1.165, 1.54) is 12.8 Å². The minimum absolute atomic E-state index is 0.224. The van der Waals surface area contributed by atoms with E-state index in [0.717, 1.165) is 18.7 Å². The van der Waals surface area contributed by atoms with Gasteiger partial charge in [0.15, 0.2) is 0 Å². The van der Waals surface area contributed by atoms with E-state index >= 15 is 0 Å². The number of ether oxygens (including phenoxy) is 1. The van der Waals surface area contributed by atoms with Gasteiger partial charge in [-0.1, -0.05) is 13.3 Å². The van der Waals surface area contributed by atoms with E-state index < -0.39 is 0 Å². The summed E-state index contributed by atoms with van der Waals surface area (Å²) in [6, 6.07) is 0. The normalized spacial score (nSPS) is 13.4. The summed E-state index contributed by atoms with van der Waals surface area (Å²) in [4.78, 5) is 0. The van der Waals surface area contributed by atoms with Crippen molar-refractivity contribution in [2.75, 3.05) is 19.4 Å². The first kappa shape index (κ1) is 11.3. The second-order valence-electron chi connectivity index (χ2n) is 2.54. The lowest BCUT2D eigenvalue weighted by molar-refractivity contribution is 0.0670. The fourth-order valence-corrected chi connectivity index (χ4v) is 1.05. The lowest BCUT2D eigenvalue weighted by Crippen LogP contribution is -2.32. The molecule has 1 unspecified atom stereocenters. The first-order chi connectivity index (χ1) is 5.35. The average molecular weight is 177 g/mol. The summed E-state index contributed by atoms with van der Waals surface area (Å²) in [6.07, 6.45) is 3.77. The molecule has 3 heteroatoms. The molecule has 0 aromatic rings. The van der Waals surface area contributed by atoms with Gasteiger partial charge in [0.05, 0.1) is 0 Å². The SMILES string of the molecule is CCCCC(NCCS)OC. The summed E-state index contributed by atoms with van der Waals surface area (Å²) in [5.41, 5.74) is 0. The third-order valence-corrected chi connectivity index (χ3v) is 1.81. The Balaban J connectivity index is 3.25. The molecule has 0 aromatic carbocycles. The summed E-state index contributed by atoms with van der Waals surface area (Å²) in [5, 5.41) is 3.26. The highest BCUT2D eigenvalue weighted by Crippen LogP contribution is 2.00. The third kappa shape index (κ3) is 6.66. The van der Waals surface area contributed by atoms with Crippen LogP contribution in [0.2, 0.25) is 0 Å². The largest absolute Gasteiger partial charge is 0.367 e. The van der Waals surface area contributed by atoms with Crippen LogP contribution in [-0.4, -0.2) is 25.6 Å².